The van der Waals surface area contributed by atoms with Gasteiger partial charge < -0.3 is 10.1 Å². The number of hydrogen-bond acceptors (Lipinski definition) is 4. The van der Waals surface area contributed by atoms with Crippen molar-refractivity contribution in [1.29, 1.82) is 0 Å². The number of carbonyl (C=O) groups excluding carboxylic acids is 1. The van der Waals surface area contributed by atoms with Crippen molar-refractivity contribution in [2.45, 2.75) is 39.8 Å². The van der Waals surface area contributed by atoms with Crippen molar-refractivity contribution in [2.75, 3.05) is 16.6 Å². The zero-order chi connectivity index (χ0) is 17.2. The van der Waals surface area contributed by atoms with Crippen LogP contribution in [-0.4, -0.2) is 38.8 Å². The van der Waals surface area contributed by atoms with Gasteiger partial charge in [-0.25, -0.2) is 8.42 Å². The first-order valence-corrected chi connectivity index (χ1v) is 9.43. The van der Waals surface area contributed by atoms with E-state index in [1.54, 1.807) is 31.2 Å². The van der Waals surface area contributed by atoms with Crippen LogP contribution in [0.5, 0.6) is 5.75 Å². The molecule has 1 aromatic rings. The molecule has 7 heteroatoms. The van der Waals surface area contributed by atoms with E-state index >= 15 is 0 Å². The number of nitrogens with one attached hydrogen (secondary N) is 1. The van der Waals surface area contributed by atoms with Crippen molar-refractivity contribution >= 4 is 21.6 Å². The van der Waals surface area contributed by atoms with E-state index in [2.05, 4.69) is 5.32 Å². The van der Waals surface area contributed by atoms with E-state index in [-0.39, 0.29) is 30.2 Å². The molecular weight excluding hydrogens is 316 g/mol. The minimum Gasteiger partial charge on any atom is -0.476 e. The average Bonchev–Trinajstić information content (AvgIpc) is 2.53. The second-order valence-corrected chi connectivity index (χ2v) is 8.23. The Labute approximate surface area is 137 Å². The molecule has 0 saturated carbocycles. The number of ether oxygens (including phenoxy) is 1. The molecule has 1 heterocycles. The van der Waals surface area contributed by atoms with E-state index < -0.39 is 16.1 Å². The number of benzene rings is 1. The molecule has 0 unspecified atom stereocenters. The van der Waals surface area contributed by atoms with Gasteiger partial charge in [0.1, 0.15) is 5.75 Å². The maximum atomic E-state index is 12.4. The Morgan fingerprint density at radius 1 is 1.35 bits per heavy atom. The quantitative estimate of drug-likeness (QED) is 0.886. The molecule has 0 saturated heterocycles. The zero-order valence-electron chi connectivity index (χ0n) is 13.9. The number of sulfonamides is 1. The van der Waals surface area contributed by atoms with Gasteiger partial charge in [0, 0.05) is 6.04 Å². The van der Waals surface area contributed by atoms with Crippen molar-refractivity contribution in [3.63, 3.8) is 0 Å². The summed E-state index contributed by atoms with van der Waals surface area (Å²) in [6.45, 7) is 7.51. The van der Waals surface area contributed by atoms with Gasteiger partial charge in [-0.05, 0) is 31.9 Å². The molecule has 0 bridgehead atoms. The summed E-state index contributed by atoms with van der Waals surface area (Å²) in [4.78, 5) is 12.4. The van der Waals surface area contributed by atoms with Crippen LogP contribution in [0, 0.1) is 5.92 Å². The molecule has 2 rings (SSSR count). The second kappa shape index (κ2) is 6.78. The number of carbonyl (C=O) groups is 1. The summed E-state index contributed by atoms with van der Waals surface area (Å²) in [5.41, 5.74) is 0.482. The Morgan fingerprint density at radius 3 is 2.61 bits per heavy atom. The van der Waals surface area contributed by atoms with Crippen LogP contribution in [0.15, 0.2) is 24.3 Å². The third kappa shape index (κ3) is 3.77. The van der Waals surface area contributed by atoms with Crippen molar-refractivity contribution in [1.82, 2.24) is 5.32 Å². The van der Waals surface area contributed by atoms with Gasteiger partial charge in [0.25, 0.3) is 5.91 Å². The minimum atomic E-state index is -3.47. The fourth-order valence-electron chi connectivity index (χ4n) is 2.24. The number of fused-ring (bicyclic) bond motifs is 1. The van der Waals surface area contributed by atoms with Gasteiger partial charge in [0.15, 0.2) is 6.10 Å². The van der Waals surface area contributed by atoms with E-state index in [9.17, 15) is 13.2 Å². The molecule has 2 atom stereocenters. The average molecular weight is 340 g/mol. The Bertz CT molecular complexity index is 672. The summed E-state index contributed by atoms with van der Waals surface area (Å²) in [7, 11) is -3.47. The topological polar surface area (TPSA) is 75.7 Å². The van der Waals surface area contributed by atoms with E-state index in [1.807, 2.05) is 20.8 Å². The highest BCUT2D eigenvalue weighted by Gasteiger charge is 2.36. The standard InChI is InChI=1S/C16H24N2O4S/c1-5-23(20,21)18-10-15(16(19)17-12(4)11(2)3)22-14-9-7-6-8-13(14)18/h6-9,11-12,15H,5,10H2,1-4H3,(H,17,19)/t12-,15-/m1/s1. The molecule has 0 aromatic heterocycles. The molecule has 1 aliphatic heterocycles. The maximum Gasteiger partial charge on any atom is 0.263 e. The van der Waals surface area contributed by atoms with Crippen molar-refractivity contribution in [2.24, 2.45) is 5.92 Å². The molecule has 23 heavy (non-hydrogen) atoms. The van der Waals surface area contributed by atoms with Crippen LogP contribution in [0.4, 0.5) is 5.69 Å². The highest BCUT2D eigenvalue weighted by atomic mass is 32.2. The number of para-hydroxylation sites is 2. The molecule has 0 radical (unpaired) electrons. The first kappa shape index (κ1) is 17.6. The smallest absolute Gasteiger partial charge is 0.263 e. The molecular formula is C16H24N2O4S. The van der Waals surface area contributed by atoms with E-state index in [1.165, 1.54) is 4.31 Å². The third-order valence-electron chi connectivity index (χ3n) is 4.10. The van der Waals surface area contributed by atoms with Crippen LogP contribution in [0.2, 0.25) is 0 Å². The minimum absolute atomic E-state index is 0.0101. The molecule has 0 fully saturated rings. The maximum absolute atomic E-state index is 12.4. The van der Waals surface area contributed by atoms with Crippen LogP contribution >= 0.6 is 0 Å². The summed E-state index contributed by atoms with van der Waals surface area (Å²) in [5, 5.41) is 2.88. The highest BCUT2D eigenvalue weighted by molar-refractivity contribution is 7.92. The normalized spacial score (nSPS) is 19.0. The van der Waals surface area contributed by atoms with Gasteiger partial charge in [-0.3, -0.25) is 9.10 Å². The van der Waals surface area contributed by atoms with Gasteiger partial charge in [-0.1, -0.05) is 26.0 Å². The van der Waals surface area contributed by atoms with E-state index in [0.29, 0.717) is 11.4 Å². The Hall–Kier alpha value is -1.76. The first-order valence-electron chi connectivity index (χ1n) is 7.82. The van der Waals surface area contributed by atoms with Crippen LogP contribution < -0.4 is 14.4 Å². The van der Waals surface area contributed by atoms with Crippen LogP contribution in [0.25, 0.3) is 0 Å². The van der Waals surface area contributed by atoms with Gasteiger partial charge in [0.05, 0.1) is 18.0 Å². The SMILES string of the molecule is CCS(=O)(=O)N1C[C@H](C(=O)N[C@H](C)C(C)C)Oc2ccccc21. The largest absolute Gasteiger partial charge is 0.476 e. The van der Waals surface area contributed by atoms with Crippen LogP contribution in [-0.2, 0) is 14.8 Å². The summed E-state index contributed by atoms with van der Waals surface area (Å²) in [5.74, 6) is 0.369. The predicted molar refractivity (Wildman–Crippen MR) is 90.1 cm³/mol. The lowest BCUT2D eigenvalue weighted by Gasteiger charge is -2.35. The lowest BCUT2D eigenvalue weighted by molar-refractivity contribution is -0.128. The highest BCUT2D eigenvalue weighted by Crippen LogP contribution is 2.35. The van der Waals surface area contributed by atoms with Crippen molar-refractivity contribution in [3.8, 4) is 5.75 Å². The molecule has 1 aromatic carbocycles. The Kier molecular flexibility index (Phi) is 5.19. The molecule has 1 N–H and O–H groups in total. The van der Waals surface area contributed by atoms with E-state index in [0.717, 1.165) is 0 Å². The molecule has 128 valence electrons. The fourth-order valence-corrected chi connectivity index (χ4v) is 3.37. The summed E-state index contributed by atoms with van der Waals surface area (Å²) < 4.78 is 31.7. The Morgan fingerprint density at radius 2 is 2.00 bits per heavy atom. The second-order valence-electron chi connectivity index (χ2n) is 6.05. The number of amides is 1. The number of anilines is 1. The summed E-state index contributed by atoms with van der Waals surface area (Å²) in [6.07, 6.45) is -0.854. The van der Waals surface area contributed by atoms with Crippen molar-refractivity contribution < 1.29 is 17.9 Å². The fraction of sp³-hybridized carbons (Fsp3) is 0.562. The van der Waals surface area contributed by atoms with Gasteiger partial charge in [0.2, 0.25) is 10.0 Å². The number of hydrogen-bond donors (Lipinski definition) is 1. The van der Waals surface area contributed by atoms with Crippen molar-refractivity contribution in [3.05, 3.63) is 24.3 Å². The van der Waals surface area contributed by atoms with Gasteiger partial charge in [-0.2, -0.15) is 0 Å². The van der Waals surface area contributed by atoms with E-state index in [4.69, 9.17) is 4.74 Å². The third-order valence-corrected chi connectivity index (χ3v) is 5.84. The molecule has 0 aliphatic carbocycles. The lowest BCUT2D eigenvalue weighted by atomic mass is 10.1. The lowest BCUT2D eigenvalue weighted by Crippen LogP contribution is -2.53. The monoisotopic (exact) mass is 340 g/mol. The molecule has 1 aliphatic rings. The van der Waals surface area contributed by atoms with Gasteiger partial charge >= 0.3 is 0 Å². The van der Waals surface area contributed by atoms with Crippen LogP contribution in [0.1, 0.15) is 27.7 Å². The molecule has 1 amide bonds. The summed E-state index contributed by atoms with van der Waals surface area (Å²) >= 11 is 0. The number of rotatable bonds is 5. The predicted octanol–water partition coefficient (Wildman–Crippen LogP) is 1.76. The first-order chi connectivity index (χ1) is 10.8. The van der Waals surface area contributed by atoms with Gasteiger partial charge in [-0.15, -0.1) is 0 Å². The van der Waals surface area contributed by atoms with Crippen LogP contribution in [0.3, 0.4) is 0 Å². The molecule has 6 nitrogen and oxygen atoms in total. The number of nitrogens with zero attached hydrogens (tertiary/aromatic N) is 1. The summed E-state index contributed by atoms with van der Waals surface area (Å²) in [6, 6.07) is 6.86. The molecule has 0 spiro atoms. The zero-order valence-corrected chi connectivity index (χ0v) is 14.8. The Balaban J connectivity index is 2.28.